The first kappa shape index (κ1) is 23.7. The van der Waals surface area contributed by atoms with Crippen molar-refractivity contribution in [2.24, 2.45) is 0 Å². The van der Waals surface area contributed by atoms with Crippen LogP contribution in [0.4, 0.5) is 9.59 Å². The van der Waals surface area contributed by atoms with E-state index in [0.29, 0.717) is 0 Å². The minimum atomic E-state index is -1.15. The summed E-state index contributed by atoms with van der Waals surface area (Å²) >= 11 is 0. The highest BCUT2D eigenvalue weighted by Gasteiger charge is 2.24. The van der Waals surface area contributed by atoms with Gasteiger partial charge in [-0.3, -0.25) is 0 Å². The van der Waals surface area contributed by atoms with Gasteiger partial charge < -0.3 is 25.2 Å². The lowest BCUT2D eigenvalue weighted by atomic mass is 10.0. The summed E-state index contributed by atoms with van der Waals surface area (Å²) in [5.74, 6) is -1.15. The van der Waals surface area contributed by atoms with Crippen LogP contribution >= 0.6 is 0 Å². The number of alkyl carbamates (subject to hydrolysis) is 2. The van der Waals surface area contributed by atoms with Gasteiger partial charge in [0, 0.05) is 13.0 Å². The zero-order valence-electron chi connectivity index (χ0n) is 17.9. The molecule has 31 heavy (non-hydrogen) atoms. The van der Waals surface area contributed by atoms with Gasteiger partial charge in [0.15, 0.2) is 0 Å². The van der Waals surface area contributed by atoms with Crippen LogP contribution in [0.3, 0.4) is 0 Å². The normalized spacial score (nSPS) is 11.8. The van der Waals surface area contributed by atoms with Crippen molar-refractivity contribution in [1.29, 1.82) is 0 Å². The van der Waals surface area contributed by atoms with Crippen LogP contribution in [0.2, 0.25) is 0 Å². The molecule has 8 heteroatoms. The summed E-state index contributed by atoms with van der Waals surface area (Å²) in [7, 11) is 0. The molecule has 0 fully saturated rings. The van der Waals surface area contributed by atoms with E-state index in [1.54, 1.807) is 45.0 Å². The molecular weight excluding hydrogens is 400 g/mol. The first-order valence-electron chi connectivity index (χ1n) is 9.87. The number of carboxylic acids is 1. The summed E-state index contributed by atoms with van der Waals surface area (Å²) in [5.41, 5.74) is 1.73. The van der Waals surface area contributed by atoms with Crippen molar-refractivity contribution in [2.75, 3.05) is 0 Å². The van der Waals surface area contributed by atoms with Gasteiger partial charge in [-0.25, -0.2) is 14.4 Å². The number of hydrogen-bond donors (Lipinski definition) is 3. The smallest absolute Gasteiger partial charge is 0.408 e. The Hall–Kier alpha value is -3.55. The van der Waals surface area contributed by atoms with E-state index >= 15 is 0 Å². The molecule has 0 spiro atoms. The molecule has 2 aromatic carbocycles. The van der Waals surface area contributed by atoms with Crippen molar-refractivity contribution in [3.63, 3.8) is 0 Å². The fourth-order valence-corrected chi connectivity index (χ4v) is 2.63. The van der Waals surface area contributed by atoms with Crippen molar-refractivity contribution in [3.8, 4) is 0 Å². The minimum absolute atomic E-state index is 0.0986. The molecule has 0 heterocycles. The lowest BCUT2D eigenvalue weighted by molar-refractivity contribution is -0.139. The highest BCUT2D eigenvalue weighted by molar-refractivity contribution is 5.80. The Labute approximate surface area is 181 Å². The molecule has 8 nitrogen and oxygen atoms in total. The summed E-state index contributed by atoms with van der Waals surface area (Å²) in [6.07, 6.45) is -1.21. The van der Waals surface area contributed by atoms with Crippen molar-refractivity contribution >= 4 is 18.2 Å². The van der Waals surface area contributed by atoms with Gasteiger partial charge in [-0.1, -0.05) is 54.6 Å². The molecule has 0 unspecified atom stereocenters. The molecule has 2 aromatic rings. The molecule has 0 aliphatic rings. The molecule has 0 aliphatic carbocycles. The Morgan fingerprint density at radius 1 is 0.903 bits per heavy atom. The van der Waals surface area contributed by atoms with Crippen LogP contribution in [0, 0.1) is 0 Å². The zero-order valence-corrected chi connectivity index (χ0v) is 17.9. The molecule has 0 bridgehead atoms. The lowest BCUT2D eigenvalue weighted by Crippen LogP contribution is -2.44. The summed E-state index contributed by atoms with van der Waals surface area (Å²) in [6.45, 7) is 5.56. The first-order chi connectivity index (χ1) is 14.6. The van der Waals surface area contributed by atoms with Crippen LogP contribution in [0.25, 0.3) is 0 Å². The second-order valence-electron chi connectivity index (χ2n) is 7.97. The first-order valence-corrected chi connectivity index (χ1v) is 9.87. The summed E-state index contributed by atoms with van der Waals surface area (Å²) in [6, 6.07) is 15.3. The van der Waals surface area contributed by atoms with Crippen LogP contribution in [0.1, 0.15) is 37.5 Å². The van der Waals surface area contributed by atoms with Crippen LogP contribution in [0.5, 0.6) is 0 Å². The van der Waals surface area contributed by atoms with Gasteiger partial charge in [-0.05, 0) is 37.5 Å². The monoisotopic (exact) mass is 428 g/mol. The second kappa shape index (κ2) is 11.0. The standard InChI is InChI=1S/C23H28N2O6/c1-23(2,3)31-22(29)25-19(20(26)27)13-16-9-11-17(12-10-16)14-24-21(28)30-15-18-7-5-4-6-8-18/h4-12,19H,13-15H2,1-3H3,(H,24,28)(H,25,29)(H,26,27)/t19-/m1/s1. The third-order valence-electron chi connectivity index (χ3n) is 4.10. The molecule has 0 aromatic heterocycles. The van der Waals surface area contributed by atoms with E-state index < -0.39 is 29.8 Å². The minimum Gasteiger partial charge on any atom is -0.480 e. The number of amides is 2. The van der Waals surface area contributed by atoms with E-state index in [1.807, 2.05) is 30.3 Å². The molecule has 0 aliphatic heterocycles. The largest absolute Gasteiger partial charge is 0.480 e. The van der Waals surface area contributed by atoms with Gasteiger partial charge in [-0.15, -0.1) is 0 Å². The quantitative estimate of drug-likeness (QED) is 0.592. The van der Waals surface area contributed by atoms with E-state index in [2.05, 4.69) is 10.6 Å². The number of hydrogen-bond acceptors (Lipinski definition) is 5. The summed E-state index contributed by atoms with van der Waals surface area (Å²) in [4.78, 5) is 35.2. The fourth-order valence-electron chi connectivity index (χ4n) is 2.63. The van der Waals surface area contributed by atoms with Crippen LogP contribution in [0.15, 0.2) is 54.6 Å². The number of carbonyl (C=O) groups excluding carboxylic acids is 2. The maximum Gasteiger partial charge on any atom is 0.408 e. The Bertz CT molecular complexity index is 875. The van der Waals surface area contributed by atoms with Crippen molar-refractivity contribution in [2.45, 2.75) is 52.0 Å². The van der Waals surface area contributed by atoms with Gasteiger partial charge in [0.05, 0.1) is 0 Å². The number of benzene rings is 2. The maximum atomic E-state index is 11.9. The molecular formula is C23H28N2O6. The molecule has 0 radical (unpaired) electrons. The molecule has 2 rings (SSSR count). The average molecular weight is 428 g/mol. The fraction of sp³-hybridized carbons (Fsp3) is 0.348. The zero-order chi connectivity index (χ0) is 22.9. The molecule has 3 N–H and O–H groups in total. The summed E-state index contributed by atoms with van der Waals surface area (Å²) < 4.78 is 10.3. The number of rotatable bonds is 8. The number of nitrogens with one attached hydrogen (secondary N) is 2. The van der Waals surface area contributed by atoms with E-state index in [-0.39, 0.29) is 19.6 Å². The Kier molecular flexibility index (Phi) is 8.43. The number of ether oxygens (including phenoxy) is 2. The van der Waals surface area contributed by atoms with Crippen molar-refractivity contribution in [3.05, 3.63) is 71.3 Å². The third kappa shape index (κ3) is 9.20. The highest BCUT2D eigenvalue weighted by atomic mass is 16.6. The molecule has 2 amide bonds. The maximum absolute atomic E-state index is 11.9. The van der Waals surface area contributed by atoms with E-state index in [4.69, 9.17) is 9.47 Å². The summed E-state index contributed by atoms with van der Waals surface area (Å²) in [5, 5.41) is 14.4. The van der Waals surface area contributed by atoms with Crippen LogP contribution in [-0.4, -0.2) is 34.9 Å². The number of carboxylic acid groups (broad SMARTS) is 1. The number of carbonyl (C=O) groups is 3. The molecule has 0 saturated heterocycles. The second-order valence-corrected chi connectivity index (χ2v) is 7.97. The Balaban J connectivity index is 1.82. The van der Waals surface area contributed by atoms with Crippen LogP contribution in [-0.2, 0) is 33.8 Å². The van der Waals surface area contributed by atoms with Gasteiger partial charge in [0.1, 0.15) is 18.2 Å². The van der Waals surface area contributed by atoms with E-state index in [0.717, 1.165) is 16.7 Å². The molecule has 1 atom stereocenters. The third-order valence-corrected chi connectivity index (χ3v) is 4.10. The van der Waals surface area contributed by atoms with Crippen molar-refractivity contribution < 1.29 is 29.0 Å². The van der Waals surface area contributed by atoms with E-state index in [9.17, 15) is 19.5 Å². The predicted octanol–water partition coefficient (Wildman–Crippen LogP) is 3.63. The molecule has 0 saturated carbocycles. The lowest BCUT2D eigenvalue weighted by Gasteiger charge is -2.22. The average Bonchev–Trinajstić information content (AvgIpc) is 2.70. The van der Waals surface area contributed by atoms with Crippen molar-refractivity contribution in [1.82, 2.24) is 10.6 Å². The van der Waals surface area contributed by atoms with Gasteiger partial charge in [0.2, 0.25) is 0 Å². The van der Waals surface area contributed by atoms with E-state index in [1.165, 1.54) is 0 Å². The van der Waals surface area contributed by atoms with Gasteiger partial charge >= 0.3 is 18.2 Å². The van der Waals surface area contributed by atoms with Crippen LogP contribution < -0.4 is 10.6 Å². The number of aliphatic carboxylic acids is 1. The Morgan fingerprint density at radius 3 is 2.10 bits per heavy atom. The topological polar surface area (TPSA) is 114 Å². The predicted molar refractivity (Wildman–Crippen MR) is 114 cm³/mol. The SMILES string of the molecule is CC(C)(C)OC(=O)N[C@H](Cc1ccc(CNC(=O)OCc2ccccc2)cc1)C(=O)O. The Morgan fingerprint density at radius 2 is 1.52 bits per heavy atom. The van der Waals surface area contributed by atoms with Gasteiger partial charge in [0.25, 0.3) is 0 Å². The highest BCUT2D eigenvalue weighted by Crippen LogP contribution is 2.10. The van der Waals surface area contributed by atoms with Gasteiger partial charge in [-0.2, -0.15) is 0 Å². The molecule has 166 valence electrons.